The zero-order valence-electron chi connectivity index (χ0n) is 15.1. The Morgan fingerprint density at radius 3 is 2.17 bits per heavy atom. The Hall–Kier alpha value is -3.27. The van der Waals surface area contributed by atoms with E-state index in [0.717, 1.165) is 17.7 Å². The van der Waals surface area contributed by atoms with Crippen molar-refractivity contribution >= 4 is 11.8 Å². The zero-order chi connectivity index (χ0) is 21.1. The second-order valence-electron chi connectivity index (χ2n) is 6.14. The maximum atomic E-state index is 13.0. The molecule has 0 spiro atoms. The van der Waals surface area contributed by atoms with Crippen LogP contribution < -0.4 is 0 Å². The maximum Gasteiger partial charge on any atom is 0.416 e. The van der Waals surface area contributed by atoms with Gasteiger partial charge < -0.3 is 4.52 Å². The molecule has 0 saturated carbocycles. The molecule has 0 atom stereocenters. The van der Waals surface area contributed by atoms with Gasteiger partial charge >= 0.3 is 6.18 Å². The Morgan fingerprint density at radius 1 is 0.833 bits per heavy atom. The Morgan fingerprint density at radius 2 is 1.53 bits per heavy atom. The monoisotopic (exact) mass is 432 g/mol. The van der Waals surface area contributed by atoms with Crippen molar-refractivity contribution < 1.29 is 22.1 Å². The fourth-order valence-corrected chi connectivity index (χ4v) is 3.20. The summed E-state index contributed by atoms with van der Waals surface area (Å²) in [6, 6.07) is 14.0. The first kappa shape index (κ1) is 20.0. The van der Waals surface area contributed by atoms with Crippen LogP contribution in [0.1, 0.15) is 11.5 Å². The lowest BCUT2D eigenvalue weighted by atomic mass is 10.1. The van der Waals surface area contributed by atoms with Gasteiger partial charge in [-0.2, -0.15) is 18.2 Å². The third kappa shape index (κ3) is 4.65. The lowest BCUT2D eigenvalue weighted by Crippen LogP contribution is -2.04. The number of hydrogen-bond donors (Lipinski definition) is 0. The molecule has 4 aromatic rings. The molecule has 5 nitrogen and oxygen atoms in total. The van der Waals surface area contributed by atoms with Crippen molar-refractivity contribution in [2.75, 3.05) is 0 Å². The van der Waals surface area contributed by atoms with E-state index in [1.165, 1.54) is 36.0 Å². The summed E-state index contributed by atoms with van der Waals surface area (Å²) in [6.45, 7) is 0. The minimum Gasteiger partial charge on any atom is -0.338 e. The quantitative estimate of drug-likeness (QED) is 0.300. The smallest absolute Gasteiger partial charge is 0.338 e. The van der Waals surface area contributed by atoms with Crippen LogP contribution in [0, 0.1) is 5.82 Å². The van der Waals surface area contributed by atoms with E-state index >= 15 is 0 Å². The van der Waals surface area contributed by atoms with Crippen molar-refractivity contribution in [3.05, 3.63) is 77.9 Å². The van der Waals surface area contributed by atoms with Crippen molar-refractivity contribution in [1.29, 1.82) is 0 Å². The summed E-state index contributed by atoms with van der Waals surface area (Å²) in [5, 5.41) is 12.7. The minimum absolute atomic E-state index is 0.206. The third-order valence-electron chi connectivity index (χ3n) is 4.06. The van der Waals surface area contributed by atoms with E-state index in [1.807, 2.05) is 0 Å². The summed E-state index contributed by atoms with van der Waals surface area (Å²) in [4.78, 5) is 4.20. The average molecular weight is 432 g/mol. The first-order valence-corrected chi connectivity index (χ1v) is 9.60. The number of alkyl halides is 3. The number of hydrogen-bond acceptors (Lipinski definition) is 6. The van der Waals surface area contributed by atoms with Crippen LogP contribution in [0.4, 0.5) is 17.6 Å². The van der Waals surface area contributed by atoms with Crippen LogP contribution in [0.5, 0.6) is 0 Å². The van der Waals surface area contributed by atoms with Crippen molar-refractivity contribution in [2.45, 2.75) is 17.0 Å². The van der Waals surface area contributed by atoms with Crippen molar-refractivity contribution in [3.63, 3.8) is 0 Å². The average Bonchev–Trinajstić information content (AvgIpc) is 3.22. The van der Waals surface area contributed by atoms with Gasteiger partial charge in [-0.15, -0.1) is 10.2 Å². The van der Waals surface area contributed by atoms with E-state index in [2.05, 4.69) is 20.3 Å². The van der Waals surface area contributed by atoms with Crippen molar-refractivity contribution in [2.24, 2.45) is 0 Å². The number of halogens is 4. The molecule has 0 saturated heterocycles. The summed E-state index contributed by atoms with van der Waals surface area (Å²) < 4.78 is 56.1. The van der Waals surface area contributed by atoms with Gasteiger partial charge in [0.15, 0.2) is 0 Å². The van der Waals surface area contributed by atoms with Crippen LogP contribution in [0.3, 0.4) is 0 Å². The molecule has 10 heteroatoms. The van der Waals surface area contributed by atoms with E-state index in [-0.39, 0.29) is 11.6 Å². The van der Waals surface area contributed by atoms with Crippen LogP contribution in [0.2, 0.25) is 0 Å². The Kier molecular flexibility index (Phi) is 5.49. The van der Waals surface area contributed by atoms with Gasteiger partial charge in [-0.3, -0.25) is 0 Å². The number of nitrogens with zero attached hydrogens (tertiary/aromatic N) is 4. The second-order valence-corrected chi connectivity index (χ2v) is 7.13. The van der Waals surface area contributed by atoms with Crippen molar-refractivity contribution in [3.8, 4) is 22.6 Å². The normalized spacial score (nSPS) is 11.6. The van der Waals surface area contributed by atoms with E-state index in [1.54, 1.807) is 24.3 Å². The van der Waals surface area contributed by atoms with Gasteiger partial charge in [0.05, 0.1) is 17.0 Å². The van der Waals surface area contributed by atoms with Crippen LogP contribution in [-0.2, 0) is 11.9 Å². The summed E-state index contributed by atoms with van der Waals surface area (Å²) in [7, 11) is 0. The van der Waals surface area contributed by atoms with Gasteiger partial charge in [0.2, 0.25) is 11.7 Å². The van der Waals surface area contributed by atoms with Gasteiger partial charge in [0.25, 0.3) is 0 Å². The van der Waals surface area contributed by atoms with Crippen LogP contribution in [0.15, 0.2) is 70.2 Å². The highest BCUT2D eigenvalue weighted by molar-refractivity contribution is 7.98. The summed E-state index contributed by atoms with van der Waals surface area (Å²) in [5.41, 5.74) is 1.04. The van der Waals surface area contributed by atoms with Crippen LogP contribution in [-0.4, -0.2) is 20.3 Å². The summed E-state index contributed by atoms with van der Waals surface area (Å²) in [5.74, 6) is 0.503. The molecule has 0 bridgehead atoms. The topological polar surface area (TPSA) is 64.7 Å². The molecule has 0 amide bonds. The molecule has 0 aliphatic rings. The molecule has 152 valence electrons. The molecular weight excluding hydrogens is 420 g/mol. The molecular formula is C20H12F4N4OS. The molecule has 0 aliphatic carbocycles. The number of aromatic nitrogens is 4. The zero-order valence-corrected chi connectivity index (χ0v) is 15.9. The first-order chi connectivity index (χ1) is 14.4. The second kappa shape index (κ2) is 8.23. The largest absolute Gasteiger partial charge is 0.416 e. The fourth-order valence-electron chi connectivity index (χ4n) is 2.55. The molecule has 2 aromatic heterocycles. The van der Waals surface area contributed by atoms with Crippen molar-refractivity contribution in [1.82, 2.24) is 20.3 Å². The number of benzene rings is 2. The first-order valence-electron chi connectivity index (χ1n) is 8.61. The van der Waals surface area contributed by atoms with Crippen LogP contribution in [0.25, 0.3) is 22.6 Å². The molecule has 30 heavy (non-hydrogen) atoms. The SMILES string of the molecule is Fc1ccc(-c2ccc(SCc3nc(-c4ccc(C(F)(F)F)cc4)no3)nn2)cc1. The van der Waals surface area contributed by atoms with E-state index in [0.29, 0.717) is 27.9 Å². The van der Waals surface area contributed by atoms with E-state index < -0.39 is 11.7 Å². The van der Waals surface area contributed by atoms with E-state index in [4.69, 9.17) is 4.52 Å². The molecule has 0 fully saturated rings. The molecule has 2 aromatic carbocycles. The highest BCUT2D eigenvalue weighted by Crippen LogP contribution is 2.30. The molecule has 4 rings (SSSR count). The van der Waals surface area contributed by atoms with Gasteiger partial charge in [0, 0.05) is 11.1 Å². The highest BCUT2D eigenvalue weighted by atomic mass is 32.2. The maximum absolute atomic E-state index is 13.0. The summed E-state index contributed by atoms with van der Waals surface area (Å²) >= 11 is 1.32. The van der Waals surface area contributed by atoms with Gasteiger partial charge in [-0.05, 0) is 48.5 Å². The predicted octanol–water partition coefficient (Wildman–Crippen LogP) is 5.64. The number of rotatable bonds is 5. The molecule has 0 N–H and O–H groups in total. The molecule has 0 unspecified atom stereocenters. The van der Waals surface area contributed by atoms with E-state index in [9.17, 15) is 17.6 Å². The third-order valence-corrected chi connectivity index (χ3v) is 4.97. The Balaban J connectivity index is 1.39. The molecule has 0 aliphatic heterocycles. The number of thioether (sulfide) groups is 1. The standard InChI is InChI=1S/C20H12F4N4OS/c21-15-7-3-12(4-8-15)16-9-10-18(27-26-16)30-11-17-25-19(28-29-17)13-1-5-14(6-2-13)20(22,23)24/h1-10H,11H2. The fraction of sp³-hybridized carbons (Fsp3) is 0.100. The molecule has 2 heterocycles. The summed E-state index contributed by atoms with van der Waals surface area (Å²) in [6.07, 6.45) is -4.40. The van der Waals surface area contributed by atoms with Gasteiger partial charge in [-0.1, -0.05) is 29.1 Å². The predicted molar refractivity (Wildman–Crippen MR) is 102 cm³/mol. The Labute approximate surface area is 172 Å². The van der Waals surface area contributed by atoms with Gasteiger partial charge in [0.1, 0.15) is 10.8 Å². The highest BCUT2D eigenvalue weighted by Gasteiger charge is 2.30. The minimum atomic E-state index is -4.40. The lowest BCUT2D eigenvalue weighted by Gasteiger charge is -2.05. The lowest BCUT2D eigenvalue weighted by molar-refractivity contribution is -0.137. The van der Waals surface area contributed by atoms with Crippen LogP contribution >= 0.6 is 11.8 Å². The Bertz CT molecular complexity index is 1130. The molecule has 0 radical (unpaired) electrons. The van der Waals surface area contributed by atoms with Gasteiger partial charge in [-0.25, -0.2) is 4.39 Å².